The standard InChI is InChI=1S/C29H39N3OS2/c1-5-8-9-10-13-18-32(21-23-16-17-24-14-11-12-15-25(24)20-23)29(33)31-27-26(34-6-2)19-22(4)30-28(27)35-7-3/h11-12,14-17,19-20H,5-10,13,18,21H2,1-4H3,(H,31,33). The molecular weight excluding hydrogens is 470 g/mol. The highest BCUT2D eigenvalue weighted by molar-refractivity contribution is 8.00. The minimum absolute atomic E-state index is 0.0461. The van der Waals surface area contributed by atoms with Gasteiger partial charge in [-0.1, -0.05) is 82.9 Å². The van der Waals surface area contributed by atoms with E-state index in [0.717, 1.165) is 57.8 Å². The average Bonchev–Trinajstić information content (AvgIpc) is 2.85. The lowest BCUT2D eigenvalue weighted by Gasteiger charge is -2.25. The van der Waals surface area contributed by atoms with Gasteiger partial charge in [-0.25, -0.2) is 9.78 Å². The number of thioether (sulfide) groups is 2. The molecule has 4 nitrogen and oxygen atoms in total. The number of nitrogens with zero attached hydrogens (tertiary/aromatic N) is 2. The molecule has 2 amide bonds. The summed E-state index contributed by atoms with van der Waals surface area (Å²) in [5.74, 6) is 1.86. The van der Waals surface area contributed by atoms with Gasteiger partial charge in [0, 0.05) is 23.7 Å². The van der Waals surface area contributed by atoms with Crippen LogP contribution in [0.25, 0.3) is 10.8 Å². The predicted molar refractivity (Wildman–Crippen MR) is 154 cm³/mol. The first-order chi connectivity index (χ1) is 17.0. The lowest BCUT2D eigenvalue weighted by atomic mass is 10.1. The van der Waals surface area contributed by atoms with Gasteiger partial charge in [0.25, 0.3) is 0 Å². The zero-order chi connectivity index (χ0) is 25.0. The number of hydrogen-bond donors (Lipinski definition) is 1. The van der Waals surface area contributed by atoms with Gasteiger partial charge in [0.1, 0.15) is 5.03 Å². The number of benzene rings is 2. The summed E-state index contributed by atoms with van der Waals surface area (Å²) in [5, 5.41) is 6.61. The van der Waals surface area contributed by atoms with Crippen molar-refractivity contribution in [2.45, 2.75) is 76.3 Å². The lowest BCUT2D eigenvalue weighted by Crippen LogP contribution is -2.35. The van der Waals surface area contributed by atoms with Gasteiger partial charge in [0.15, 0.2) is 0 Å². The Morgan fingerprint density at radius 3 is 2.40 bits per heavy atom. The summed E-state index contributed by atoms with van der Waals surface area (Å²) in [6, 6.07) is 16.9. The Hall–Kier alpha value is -2.18. The SMILES string of the molecule is CCCCCCCN(Cc1ccc2ccccc2c1)C(=O)Nc1c(SCC)cc(C)nc1SCC. The van der Waals surface area contributed by atoms with Gasteiger partial charge in [-0.05, 0) is 53.3 Å². The fraction of sp³-hybridized carbons (Fsp3) is 0.448. The van der Waals surface area contributed by atoms with Crippen molar-refractivity contribution in [3.63, 3.8) is 0 Å². The zero-order valence-electron chi connectivity index (χ0n) is 21.6. The molecule has 0 bridgehead atoms. The highest BCUT2D eigenvalue weighted by atomic mass is 32.2. The van der Waals surface area contributed by atoms with Crippen LogP contribution in [0.3, 0.4) is 0 Å². The van der Waals surface area contributed by atoms with E-state index in [-0.39, 0.29) is 6.03 Å². The first kappa shape index (κ1) is 27.4. The van der Waals surface area contributed by atoms with Crippen LogP contribution < -0.4 is 5.32 Å². The van der Waals surface area contributed by atoms with Crippen molar-refractivity contribution >= 4 is 46.0 Å². The number of nitrogens with one attached hydrogen (secondary N) is 1. The van der Waals surface area contributed by atoms with Crippen LogP contribution in [0.2, 0.25) is 0 Å². The maximum atomic E-state index is 13.7. The number of rotatable bonds is 13. The third-order valence-corrected chi connectivity index (χ3v) is 7.68. The van der Waals surface area contributed by atoms with Crippen LogP contribution in [0.1, 0.15) is 64.1 Å². The van der Waals surface area contributed by atoms with Crippen molar-refractivity contribution in [2.75, 3.05) is 23.4 Å². The van der Waals surface area contributed by atoms with Crippen LogP contribution in [0.4, 0.5) is 10.5 Å². The van der Waals surface area contributed by atoms with Crippen molar-refractivity contribution in [2.24, 2.45) is 0 Å². The molecule has 0 aliphatic carbocycles. The number of amides is 2. The molecule has 3 rings (SSSR count). The van der Waals surface area contributed by atoms with E-state index in [0.29, 0.717) is 6.54 Å². The second kappa shape index (κ2) is 14.4. The molecular formula is C29H39N3OS2. The number of urea groups is 1. The first-order valence-corrected chi connectivity index (χ1v) is 14.8. The van der Waals surface area contributed by atoms with Gasteiger partial charge in [0.2, 0.25) is 0 Å². The summed E-state index contributed by atoms with van der Waals surface area (Å²) in [4.78, 5) is 21.5. The Balaban J connectivity index is 1.84. The summed E-state index contributed by atoms with van der Waals surface area (Å²) in [5.41, 5.74) is 2.99. The second-order valence-corrected chi connectivity index (χ2v) is 11.3. The molecule has 0 fully saturated rings. The monoisotopic (exact) mass is 509 g/mol. The Morgan fingerprint density at radius 2 is 1.66 bits per heavy atom. The molecule has 2 aromatic carbocycles. The molecule has 1 aromatic heterocycles. The molecule has 0 saturated carbocycles. The molecule has 188 valence electrons. The van der Waals surface area contributed by atoms with E-state index < -0.39 is 0 Å². The third kappa shape index (κ3) is 8.18. The molecule has 0 radical (unpaired) electrons. The van der Waals surface area contributed by atoms with Gasteiger partial charge >= 0.3 is 6.03 Å². The summed E-state index contributed by atoms with van der Waals surface area (Å²) in [7, 11) is 0. The van der Waals surface area contributed by atoms with Crippen molar-refractivity contribution in [1.29, 1.82) is 0 Å². The number of unbranched alkanes of at least 4 members (excludes halogenated alkanes) is 4. The Morgan fingerprint density at radius 1 is 0.914 bits per heavy atom. The normalized spacial score (nSPS) is 11.1. The first-order valence-electron chi connectivity index (χ1n) is 12.9. The van der Waals surface area contributed by atoms with Gasteiger partial charge in [-0.15, -0.1) is 23.5 Å². The average molecular weight is 510 g/mol. The van der Waals surface area contributed by atoms with Crippen molar-refractivity contribution in [3.8, 4) is 0 Å². The third-order valence-electron chi connectivity index (χ3n) is 5.90. The quantitative estimate of drug-likeness (QED) is 0.185. The number of carbonyl (C=O) groups excluding carboxylic acids is 1. The number of aryl methyl sites for hydroxylation is 1. The highest BCUT2D eigenvalue weighted by Crippen LogP contribution is 2.35. The van der Waals surface area contributed by atoms with Crippen molar-refractivity contribution < 1.29 is 4.79 Å². The molecule has 0 saturated heterocycles. The highest BCUT2D eigenvalue weighted by Gasteiger charge is 2.19. The van der Waals surface area contributed by atoms with Gasteiger partial charge in [-0.3, -0.25) is 0 Å². The van der Waals surface area contributed by atoms with Crippen molar-refractivity contribution in [3.05, 3.63) is 59.8 Å². The summed E-state index contributed by atoms with van der Waals surface area (Å²) in [6.45, 7) is 9.85. The second-order valence-electron chi connectivity index (χ2n) is 8.76. The lowest BCUT2D eigenvalue weighted by molar-refractivity contribution is 0.207. The molecule has 0 aliphatic heterocycles. The minimum atomic E-state index is -0.0461. The van der Waals surface area contributed by atoms with Gasteiger partial charge in [-0.2, -0.15) is 0 Å². The van der Waals surface area contributed by atoms with Crippen LogP contribution in [0.5, 0.6) is 0 Å². The topological polar surface area (TPSA) is 45.2 Å². The summed E-state index contributed by atoms with van der Waals surface area (Å²) in [6.07, 6.45) is 5.85. The Kier molecular flexibility index (Phi) is 11.3. The maximum Gasteiger partial charge on any atom is 0.322 e. The van der Waals surface area contributed by atoms with E-state index in [1.54, 1.807) is 23.5 Å². The molecule has 35 heavy (non-hydrogen) atoms. The van der Waals surface area contributed by atoms with Gasteiger partial charge < -0.3 is 10.2 Å². The molecule has 1 heterocycles. The molecule has 0 unspecified atom stereocenters. The number of anilines is 1. The number of aromatic nitrogens is 1. The molecule has 3 aromatic rings. The fourth-order valence-electron chi connectivity index (χ4n) is 4.14. The van der Waals surface area contributed by atoms with E-state index in [2.05, 4.69) is 74.6 Å². The predicted octanol–water partition coefficient (Wildman–Crippen LogP) is 8.77. The molecule has 0 aliphatic rings. The van der Waals surface area contributed by atoms with Crippen LogP contribution in [0.15, 0.2) is 58.5 Å². The Bertz CT molecular complexity index is 1080. The minimum Gasteiger partial charge on any atom is -0.320 e. The van der Waals surface area contributed by atoms with E-state index in [4.69, 9.17) is 4.98 Å². The largest absolute Gasteiger partial charge is 0.322 e. The summed E-state index contributed by atoms with van der Waals surface area (Å²) >= 11 is 3.44. The number of fused-ring (bicyclic) bond motifs is 1. The number of carbonyl (C=O) groups is 1. The van der Waals surface area contributed by atoms with Gasteiger partial charge in [0.05, 0.1) is 5.69 Å². The molecule has 0 spiro atoms. The maximum absolute atomic E-state index is 13.7. The Labute approximate surface area is 219 Å². The van der Waals surface area contributed by atoms with Crippen LogP contribution in [-0.4, -0.2) is 34.0 Å². The summed E-state index contributed by atoms with van der Waals surface area (Å²) < 4.78 is 0. The van der Waals surface area contributed by atoms with Crippen LogP contribution in [-0.2, 0) is 6.54 Å². The molecule has 0 atom stereocenters. The van der Waals surface area contributed by atoms with Crippen LogP contribution in [0, 0.1) is 6.92 Å². The van der Waals surface area contributed by atoms with Crippen LogP contribution >= 0.6 is 23.5 Å². The smallest absolute Gasteiger partial charge is 0.320 e. The van der Waals surface area contributed by atoms with Crippen molar-refractivity contribution in [1.82, 2.24) is 9.88 Å². The van der Waals surface area contributed by atoms with E-state index in [9.17, 15) is 4.79 Å². The van der Waals surface area contributed by atoms with E-state index in [1.807, 2.05) is 11.8 Å². The van der Waals surface area contributed by atoms with E-state index in [1.165, 1.54) is 30.0 Å². The number of hydrogen-bond acceptors (Lipinski definition) is 4. The van der Waals surface area contributed by atoms with E-state index >= 15 is 0 Å². The zero-order valence-corrected chi connectivity index (χ0v) is 23.2. The number of pyridine rings is 1. The molecule has 1 N–H and O–H groups in total. The fourth-order valence-corrected chi connectivity index (χ4v) is 5.85. The molecule has 6 heteroatoms.